The van der Waals surface area contributed by atoms with Crippen LogP contribution in [0.5, 0.6) is 0 Å². The number of aromatic nitrogens is 2. The number of hydrogen-bond donors (Lipinski definition) is 1. The van der Waals surface area contributed by atoms with Crippen LogP contribution in [0, 0.1) is 0 Å². The fourth-order valence-corrected chi connectivity index (χ4v) is 2.74. The normalized spacial score (nSPS) is 10.7. The van der Waals surface area contributed by atoms with Crippen molar-refractivity contribution in [2.24, 2.45) is 0 Å². The van der Waals surface area contributed by atoms with E-state index in [-0.39, 0.29) is 11.8 Å². The molecule has 0 unspecified atom stereocenters. The lowest BCUT2D eigenvalue weighted by molar-refractivity contribution is 0.0945. The van der Waals surface area contributed by atoms with Gasteiger partial charge in [-0.15, -0.1) is 11.3 Å². The monoisotopic (exact) mass is 295 g/mol. The largest absolute Gasteiger partial charge is 0.345 e. The van der Waals surface area contributed by atoms with Crippen LogP contribution in [0.15, 0.2) is 24.4 Å². The Morgan fingerprint density at radius 2 is 2.26 bits per heavy atom. The molecule has 0 atom stereocenters. The van der Waals surface area contributed by atoms with Gasteiger partial charge in [0.15, 0.2) is 4.47 Å². The molecule has 0 aromatic carbocycles. The number of carbonyl (C=O) groups is 1. The number of thiazole rings is 1. The minimum Gasteiger partial charge on any atom is -0.345 e. The first-order valence-corrected chi connectivity index (χ1v) is 7.11. The van der Waals surface area contributed by atoms with Gasteiger partial charge in [-0.05, 0) is 18.1 Å². The molecule has 0 bridgehead atoms. The summed E-state index contributed by atoms with van der Waals surface area (Å²) < 4.78 is 0.395. The van der Waals surface area contributed by atoms with Gasteiger partial charge in [-0.1, -0.05) is 31.5 Å². The topological polar surface area (TPSA) is 54.9 Å². The van der Waals surface area contributed by atoms with Crippen LogP contribution in [0.4, 0.5) is 0 Å². The fourth-order valence-electron chi connectivity index (χ4n) is 1.62. The molecule has 0 aliphatic heterocycles. The van der Waals surface area contributed by atoms with Crippen LogP contribution in [0.1, 0.15) is 40.8 Å². The smallest absolute Gasteiger partial charge is 0.271 e. The van der Waals surface area contributed by atoms with E-state index < -0.39 is 0 Å². The average Bonchev–Trinajstić information content (AvgIpc) is 2.79. The van der Waals surface area contributed by atoms with Gasteiger partial charge in [-0.2, -0.15) is 0 Å². The molecule has 0 spiro atoms. The number of pyridine rings is 1. The lowest BCUT2D eigenvalue weighted by atomic mass is 10.1. The molecule has 0 saturated heterocycles. The predicted octanol–water partition coefficient (Wildman–Crippen LogP) is 3.24. The highest BCUT2D eigenvalue weighted by Crippen LogP contribution is 2.29. The maximum Gasteiger partial charge on any atom is 0.271 e. The van der Waals surface area contributed by atoms with Gasteiger partial charge in [0, 0.05) is 11.1 Å². The molecule has 0 radical (unpaired) electrons. The van der Waals surface area contributed by atoms with E-state index in [9.17, 15) is 4.79 Å². The van der Waals surface area contributed by atoms with Crippen LogP contribution in [0.2, 0.25) is 4.47 Å². The van der Waals surface area contributed by atoms with Crippen molar-refractivity contribution in [3.05, 3.63) is 45.1 Å². The Kier molecular flexibility index (Phi) is 4.50. The molecule has 100 valence electrons. The van der Waals surface area contributed by atoms with Gasteiger partial charge in [-0.3, -0.25) is 9.78 Å². The summed E-state index contributed by atoms with van der Waals surface area (Å²) in [5, 5.41) is 2.81. The van der Waals surface area contributed by atoms with Crippen LogP contribution in [-0.2, 0) is 6.54 Å². The minimum atomic E-state index is -0.211. The SMILES string of the molecule is CC(C)c1sc(Cl)nc1C(=O)NCc1ccccn1. The zero-order valence-corrected chi connectivity index (χ0v) is 12.3. The van der Waals surface area contributed by atoms with Crippen molar-refractivity contribution in [2.45, 2.75) is 26.3 Å². The number of amides is 1. The van der Waals surface area contributed by atoms with E-state index in [0.29, 0.717) is 16.7 Å². The molecule has 1 amide bonds. The van der Waals surface area contributed by atoms with Crippen molar-refractivity contribution in [2.75, 3.05) is 0 Å². The Balaban J connectivity index is 2.08. The second-order valence-corrected chi connectivity index (χ2v) is 5.95. The number of nitrogens with one attached hydrogen (secondary N) is 1. The van der Waals surface area contributed by atoms with Gasteiger partial charge >= 0.3 is 0 Å². The summed E-state index contributed by atoms with van der Waals surface area (Å²) >= 11 is 7.24. The summed E-state index contributed by atoms with van der Waals surface area (Å²) in [6.45, 7) is 4.41. The lowest BCUT2D eigenvalue weighted by Gasteiger charge is -2.06. The first kappa shape index (κ1) is 14.0. The predicted molar refractivity (Wildman–Crippen MR) is 76.6 cm³/mol. The van der Waals surface area contributed by atoms with Crippen LogP contribution in [0.25, 0.3) is 0 Å². The molecule has 4 nitrogen and oxygen atoms in total. The van der Waals surface area contributed by atoms with Crippen molar-refractivity contribution < 1.29 is 4.79 Å². The van der Waals surface area contributed by atoms with E-state index in [1.807, 2.05) is 32.0 Å². The summed E-state index contributed by atoms with van der Waals surface area (Å²) in [6.07, 6.45) is 1.70. The number of carbonyl (C=O) groups excluding carboxylic acids is 1. The third kappa shape index (κ3) is 3.52. The van der Waals surface area contributed by atoms with E-state index in [1.54, 1.807) is 6.20 Å². The quantitative estimate of drug-likeness (QED) is 0.942. The van der Waals surface area contributed by atoms with Crippen molar-refractivity contribution in [1.82, 2.24) is 15.3 Å². The van der Waals surface area contributed by atoms with Gasteiger partial charge < -0.3 is 5.32 Å². The first-order valence-electron chi connectivity index (χ1n) is 5.92. The standard InChI is InChI=1S/C13H14ClN3OS/c1-8(2)11-10(17-13(14)19-11)12(18)16-7-9-5-3-4-6-15-9/h3-6,8H,7H2,1-2H3,(H,16,18). The third-order valence-corrected chi connectivity index (χ3v) is 3.98. The molecule has 1 N–H and O–H groups in total. The second kappa shape index (κ2) is 6.12. The molecular formula is C13H14ClN3OS. The zero-order valence-electron chi connectivity index (χ0n) is 10.7. The Morgan fingerprint density at radius 3 is 2.89 bits per heavy atom. The molecule has 2 rings (SSSR count). The Labute approximate surface area is 120 Å². The summed E-state index contributed by atoms with van der Waals surface area (Å²) in [5.41, 5.74) is 1.23. The summed E-state index contributed by atoms with van der Waals surface area (Å²) in [4.78, 5) is 21.3. The number of halogens is 1. The zero-order chi connectivity index (χ0) is 13.8. The van der Waals surface area contributed by atoms with Crippen molar-refractivity contribution in [3.63, 3.8) is 0 Å². The van der Waals surface area contributed by atoms with Gasteiger partial charge in [0.25, 0.3) is 5.91 Å². The molecule has 0 aliphatic rings. The number of hydrogen-bond acceptors (Lipinski definition) is 4. The highest BCUT2D eigenvalue weighted by Gasteiger charge is 2.19. The van der Waals surface area contributed by atoms with Crippen LogP contribution in [0.3, 0.4) is 0 Å². The van der Waals surface area contributed by atoms with E-state index in [0.717, 1.165) is 10.6 Å². The fraction of sp³-hybridized carbons (Fsp3) is 0.308. The lowest BCUT2D eigenvalue weighted by Crippen LogP contribution is -2.24. The molecule has 6 heteroatoms. The molecule has 2 heterocycles. The Hall–Kier alpha value is -1.46. The molecular weight excluding hydrogens is 282 g/mol. The first-order chi connectivity index (χ1) is 9.08. The van der Waals surface area contributed by atoms with Crippen LogP contribution >= 0.6 is 22.9 Å². The molecule has 0 fully saturated rings. The molecule has 2 aromatic heterocycles. The molecule has 0 saturated carbocycles. The van der Waals surface area contributed by atoms with Crippen LogP contribution in [-0.4, -0.2) is 15.9 Å². The van der Waals surface area contributed by atoms with Gasteiger partial charge in [0.05, 0.1) is 12.2 Å². The maximum atomic E-state index is 12.1. The third-order valence-electron chi connectivity index (χ3n) is 2.52. The van der Waals surface area contributed by atoms with Crippen molar-refractivity contribution in [1.29, 1.82) is 0 Å². The van der Waals surface area contributed by atoms with E-state index in [2.05, 4.69) is 15.3 Å². The minimum absolute atomic E-state index is 0.211. The summed E-state index contributed by atoms with van der Waals surface area (Å²) in [6, 6.07) is 5.58. The van der Waals surface area contributed by atoms with Gasteiger partial charge in [0.1, 0.15) is 5.69 Å². The number of rotatable bonds is 4. The highest BCUT2D eigenvalue weighted by molar-refractivity contribution is 7.16. The van der Waals surface area contributed by atoms with Crippen LogP contribution < -0.4 is 5.32 Å². The average molecular weight is 296 g/mol. The summed E-state index contributed by atoms with van der Waals surface area (Å²) in [5.74, 6) is 0.0121. The van der Waals surface area contributed by atoms with Crippen molar-refractivity contribution in [3.8, 4) is 0 Å². The van der Waals surface area contributed by atoms with Gasteiger partial charge in [0.2, 0.25) is 0 Å². The Bertz CT molecular complexity index is 569. The molecule has 19 heavy (non-hydrogen) atoms. The molecule has 2 aromatic rings. The Morgan fingerprint density at radius 1 is 1.47 bits per heavy atom. The van der Waals surface area contributed by atoms with E-state index >= 15 is 0 Å². The van der Waals surface area contributed by atoms with E-state index in [1.165, 1.54) is 11.3 Å². The van der Waals surface area contributed by atoms with Crippen molar-refractivity contribution >= 4 is 28.8 Å². The maximum absolute atomic E-state index is 12.1. The summed E-state index contributed by atoms with van der Waals surface area (Å²) in [7, 11) is 0. The molecule has 0 aliphatic carbocycles. The number of nitrogens with zero attached hydrogens (tertiary/aromatic N) is 2. The van der Waals surface area contributed by atoms with E-state index in [4.69, 9.17) is 11.6 Å². The van der Waals surface area contributed by atoms with Gasteiger partial charge in [-0.25, -0.2) is 4.98 Å². The second-order valence-electron chi connectivity index (χ2n) is 4.34. The highest BCUT2D eigenvalue weighted by atomic mass is 35.5.